The minimum atomic E-state index is -0.372. The van der Waals surface area contributed by atoms with Crippen LogP contribution in [0.2, 0.25) is 0 Å². The summed E-state index contributed by atoms with van der Waals surface area (Å²) >= 11 is 0. The molecule has 0 bridgehead atoms. The third kappa shape index (κ3) is 3.03. The fraction of sp³-hybridized carbons (Fsp3) is 0.235. The number of carbonyl (C=O) groups is 1. The van der Waals surface area contributed by atoms with E-state index in [-0.39, 0.29) is 18.5 Å². The summed E-state index contributed by atoms with van der Waals surface area (Å²) in [4.78, 5) is 12.0. The Bertz CT molecular complexity index is 715. The number of nitrogens with one attached hydrogen (secondary N) is 1. The number of hydrogen-bond donors (Lipinski definition) is 1. The average Bonchev–Trinajstić information content (AvgIpc) is 2.97. The maximum absolute atomic E-state index is 13.4. The van der Waals surface area contributed by atoms with Crippen molar-refractivity contribution in [3.8, 4) is 11.5 Å². The highest BCUT2D eigenvalue weighted by molar-refractivity contribution is 5.94. The van der Waals surface area contributed by atoms with Gasteiger partial charge in [-0.1, -0.05) is 12.1 Å². The second-order valence-corrected chi connectivity index (χ2v) is 5.16. The van der Waals surface area contributed by atoms with E-state index in [1.165, 1.54) is 6.07 Å². The number of halogens is 1. The Balaban J connectivity index is 1.56. The first-order chi connectivity index (χ1) is 10.6. The van der Waals surface area contributed by atoms with Gasteiger partial charge in [-0.3, -0.25) is 4.79 Å². The van der Waals surface area contributed by atoms with Crippen LogP contribution in [-0.2, 0) is 6.42 Å². The van der Waals surface area contributed by atoms with Crippen molar-refractivity contribution in [2.45, 2.75) is 13.3 Å². The highest BCUT2D eigenvalue weighted by Gasteiger charge is 2.13. The quantitative estimate of drug-likeness (QED) is 0.944. The molecule has 0 saturated carbocycles. The van der Waals surface area contributed by atoms with Crippen LogP contribution in [-0.4, -0.2) is 19.2 Å². The van der Waals surface area contributed by atoms with Crippen molar-refractivity contribution in [3.63, 3.8) is 0 Å². The molecule has 0 radical (unpaired) electrons. The van der Waals surface area contributed by atoms with Gasteiger partial charge in [-0.2, -0.15) is 0 Å². The molecule has 1 amide bonds. The number of rotatable bonds is 4. The van der Waals surface area contributed by atoms with Crippen LogP contribution in [0.5, 0.6) is 11.5 Å². The zero-order chi connectivity index (χ0) is 15.5. The predicted octanol–water partition coefficient (Wildman–Crippen LogP) is 2.84. The first-order valence-corrected chi connectivity index (χ1v) is 7.06. The van der Waals surface area contributed by atoms with Crippen molar-refractivity contribution in [2.24, 2.45) is 0 Å². The third-order valence-corrected chi connectivity index (χ3v) is 3.57. The molecule has 1 aliphatic heterocycles. The van der Waals surface area contributed by atoms with Gasteiger partial charge >= 0.3 is 0 Å². The van der Waals surface area contributed by atoms with Crippen molar-refractivity contribution < 1.29 is 18.7 Å². The maximum atomic E-state index is 13.4. The number of hydrogen-bond acceptors (Lipinski definition) is 3. The van der Waals surface area contributed by atoms with E-state index < -0.39 is 0 Å². The summed E-state index contributed by atoms with van der Waals surface area (Å²) < 4.78 is 24.0. The lowest BCUT2D eigenvalue weighted by Crippen LogP contribution is -2.25. The molecule has 0 aliphatic carbocycles. The lowest BCUT2D eigenvalue weighted by molar-refractivity contribution is 0.0953. The van der Waals surface area contributed by atoms with E-state index in [1.807, 2.05) is 18.2 Å². The Hall–Kier alpha value is -2.56. The van der Waals surface area contributed by atoms with Crippen molar-refractivity contribution in [1.82, 2.24) is 5.32 Å². The standard InChI is InChI=1S/C17H16FNO3/c1-11-2-4-13(9-14(11)18)17(20)19-7-6-12-3-5-15-16(8-12)22-10-21-15/h2-5,8-9H,6-7,10H2,1H3,(H,19,20). The van der Waals surface area contributed by atoms with E-state index in [9.17, 15) is 9.18 Å². The van der Waals surface area contributed by atoms with Gasteiger partial charge in [-0.05, 0) is 48.7 Å². The summed E-state index contributed by atoms with van der Waals surface area (Å²) in [6, 6.07) is 10.2. The SMILES string of the molecule is Cc1ccc(C(=O)NCCc2ccc3c(c2)OCO3)cc1F. The van der Waals surface area contributed by atoms with Gasteiger partial charge in [0.05, 0.1) is 0 Å². The van der Waals surface area contributed by atoms with Crippen LogP contribution in [0.1, 0.15) is 21.5 Å². The summed E-state index contributed by atoms with van der Waals surface area (Å²) in [5, 5.41) is 2.78. The Morgan fingerprint density at radius 2 is 2.00 bits per heavy atom. The van der Waals surface area contributed by atoms with Gasteiger partial charge in [-0.15, -0.1) is 0 Å². The van der Waals surface area contributed by atoms with E-state index in [1.54, 1.807) is 19.1 Å². The molecule has 0 spiro atoms. The van der Waals surface area contributed by atoms with Crippen molar-refractivity contribution in [1.29, 1.82) is 0 Å². The molecule has 0 fully saturated rings. The topological polar surface area (TPSA) is 47.6 Å². The van der Waals surface area contributed by atoms with Crippen LogP contribution in [0.15, 0.2) is 36.4 Å². The van der Waals surface area contributed by atoms with Crippen LogP contribution in [0.3, 0.4) is 0 Å². The van der Waals surface area contributed by atoms with Gasteiger partial charge in [0.2, 0.25) is 6.79 Å². The number of aryl methyl sites for hydroxylation is 1. The largest absolute Gasteiger partial charge is 0.454 e. The predicted molar refractivity (Wildman–Crippen MR) is 79.7 cm³/mol. The monoisotopic (exact) mass is 301 g/mol. The minimum absolute atomic E-state index is 0.245. The molecule has 22 heavy (non-hydrogen) atoms. The summed E-state index contributed by atoms with van der Waals surface area (Å²) in [5.74, 6) is 0.815. The summed E-state index contributed by atoms with van der Waals surface area (Å²) in [5.41, 5.74) is 1.89. The van der Waals surface area contributed by atoms with E-state index in [4.69, 9.17) is 9.47 Å². The molecule has 1 N–H and O–H groups in total. The molecule has 5 heteroatoms. The van der Waals surface area contributed by atoms with Crippen LogP contribution in [0, 0.1) is 12.7 Å². The second-order valence-electron chi connectivity index (χ2n) is 5.16. The molecule has 0 atom stereocenters. The summed E-state index contributed by atoms with van der Waals surface area (Å²) in [6.07, 6.45) is 0.663. The zero-order valence-electron chi connectivity index (χ0n) is 12.2. The number of carbonyl (C=O) groups excluding carboxylic acids is 1. The van der Waals surface area contributed by atoms with Crippen LogP contribution in [0.25, 0.3) is 0 Å². The molecule has 3 rings (SSSR count). The third-order valence-electron chi connectivity index (χ3n) is 3.57. The molecule has 0 unspecified atom stereocenters. The Morgan fingerprint density at radius 3 is 2.82 bits per heavy atom. The van der Waals surface area contributed by atoms with E-state index in [0.29, 0.717) is 24.1 Å². The van der Waals surface area contributed by atoms with Crippen LogP contribution in [0.4, 0.5) is 4.39 Å². The lowest BCUT2D eigenvalue weighted by atomic mass is 10.1. The Labute approximate surface area is 127 Å². The normalized spacial score (nSPS) is 12.3. The van der Waals surface area contributed by atoms with Gasteiger partial charge in [0.15, 0.2) is 11.5 Å². The summed E-state index contributed by atoms with van der Waals surface area (Å²) in [6.45, 7) is 2.37. The molecule has 1 aliphatic rings. The minimum Gasteiger partial charge on any atom is -0.454 e. The summed E-state index contributed by atoms with van der Waals surface area (Å²) in [7, 11) is 0. The smallest absolute Gasteiger partial charge is 0.251 e. The van der Waals surface area contributed by atoms with Gasteiger partial charge in [0.1, 0.15) is 5.82 Å². The number of fused-ring (bicyclic) bond motifs is 1. The molecule has 0 aromatic heterocycles. The van der Waals surface area contributed by atoms with E-state index >= 15 is 0 Å². The van der Waals surface area contributed by atoms with Crippen molar-refractivity contribution in [3.05, 3.63) is 58.9 Å². The average molecular weight is 301 g/mol. The molecule has 4 nitrogen and oxygen atoms in total. The number of ether oxygens (including phenoxy) is 2. The second kappa shape index (κ2) is 6.05. The first-order valence-electron chi connectivity index (χ1n) is 7.06. The van der Waals surface area contributed by atoms with Crippen LogP contribution < -0.4 is 14.8 Å². The lowest BCUT2D eigenvalue weighted by Gasteiger charge is -2.07. The first kappa shape index (κ1) is 14.4. The highest BCUT2D eigenvalue weighted by atomic mass is 19.1. The maximum Gasteiger partial charge on any atom is 0.251 e. The van der Waals surface area contributed by atoms with Crippen molar-refractivity contribution >= 4 is 5.91 Å². The molecular formula is C17H16FNO3. The Kier molecular flexibility index (Phi) is 3.96. The highest BCUT2D eigenvalue weighted by Crippen LogP contribution is 2.32. The molecule has 114 valence electrons. The van der Waals surface area contributed by atoms with Gasteiger partial charge in [0.25, 0.3) is 5.91 Å². The van der Waals surface area contributed by atoms with Crippen molar-refractivity contribution in [2.75, 3.05) is 13.3 Å². The molecule has 1 heterocycles. The number of benzene rings is 2. The zero-order valence-corrected chi connectivity index (χ0v) is 12.2. The number of amides is 1. The fourth-order valence-corrected chi connectivity index (χ4v) is 2.25. The molecule has 2 aromatic carbocycles. The molecular weight excluding hydrogens is 285 g/mol. The van der Waals surface area contributed by atoms with E-state index in [0.717, 1.165) is 17.1 Å². The molecule has 0 saturated heterocycles. The van der Waals surface area contributed by atoms with Gasteiger partial charge < -0.3 is 14.8 Å². The van der Waals surface area contributed by atoms with Gasteiger partial charge in [0, 0.05) is 12.1 Å². The Morgan fingerprint density at radius 1 is 1.18 bits per heavy atom. The van der Waals surface area contributed by atoms with Crippen LogP contribution >= 0.6 is 0 Å². The van der Waals surface area contributed by atoms with Gasteiger partial charge in [-0.25, -0.2) is 4.39 Å². The van der Waals surface area contributed by atoms with E-state index in [2.05, 4.69) is 5.32 Å². The molecule has 2 aromatic rings. The fourth-order valence-electron chi connectivity index (χ4n) is 2.25.